The molecular formula is C49H60N8O6S3. The summed E-state index contributed by atoms with van der Waals surface area (Å²) in [5.74, 6) is 0.679. The molecule has 66 heavy (non-hydrogen) atoms. The summed E-state index contributed by atoms with van der Waals surface area (Å²) in [4.78, 5) is 3.17. The zero-order valence-electron chi connectivity index (χ0n) is 37.6. The molecule has 7 aromatic rings. The van der Waals surface area contributed by atoms with Gasteiger partial charge in [-0.2, -0.15) is 0 Å². The predicted octanol–water partition coefficient (Wildman–Crippen LogP) is 7.89. The molecule has 17 heteroatoms. The van der Waals surface area contributed by atoms with Gasteiger partial charge in [0.2, 0.25) is 0 Å². The van der Waals surface area contributed by atoms with Crippen molar-refractivity contribution in [2.24, 2.45) is 0 Å². The van der Waals surface area contributed by atoms with Crippen molar-refractivity contribution < 1.29 is 27.9 Å². The summed E-state index contributed by atoms with van der Waals surface area (Å²) in [6.07, 6.45) is 2.78. The predicted molar refractivity (Wildman–Crippen MR) is 265 cm³/mol. The van der Waals surface area contributed by atoms with Gasteiger partial charge in [0.05, 0.1) is 70.5 Å². The highest BCUT2D eigenvalue weighted by Crippen LogP contribution is 2.34. The topological polar surface area (TPSA) is 143 Å². The van der Waals surface area contributed by atoms with Crippen LogP contribution in [0.3, 0.4) is 0 Å². The van der Waals surface area contributed by atoms with E-state index in [0.717, 1.165) is 61.2 Å². The molecular weight excluding hydrogens is 893 g/mol. The fourth-order valence-corrected chi connectivity index (χ4v) is 10.8. The van der Waals surface area contributed by atoms with Gasteiger partial charge in [0.1, 0.15) is 29.0 Å². The van der Waals surface area contributed by atoms with E-state index in [4.69, 9.17) is 29.4 Å². The number of nitrogen functional groups attached to an aromatic ring is 1. The van der Waals surface area contributed by atoms with E-state index in [-0.39, 0.29) is 6.61 Å². The number of aryl methyl sites for hydroxylation is 1. The zero-order chi connectivity index (χ0) is 45.3. The van der Waals surface area contributed by atoms with Crippen LogP contribution in [0.15, 0.2) is 118 Å². The fraction of sp³-hybridized carbons (Fsp3) is 0.388. The maximum absolute atomic E-state index is 13.4. The maximum atomic E-state index is 13.4. The van der Waals surface area contributed by atoms with Crippen molar-refractivity contribution in [2.45, 2.75) is 49.4 Å². The first-order valence-electron chi connectivity index (χ1n) is 22.7. The highest BCUT2D eigenvalue weighted by molar-refractivity contribution is 7.97. The normalized spacial score (nSPS) is 14.3. The molecule has 1 atom stereocenters. The van der Waals surface area contributed by atoms with Crippen LogP contribution < -0.4 is 15.8 Å². The minimum atomic E-state index is -1.25. The molecule has 0 saturated carbocycles. The van der Waals surface area contributed by atoms with Crippen molar-refractivity contribution in [1.82, 2.24) is 33.5 Å². The molecule has 1 saturated heterocycles. The Balaban J connectivity index is 0.618. The van der Waals surface area contributed by atoms with E-state index < -0.39 is 11.0 Å². The Morgan fingerprint density at radius 2 is 1.59 bits per heavy atom. The first kappa shape index (κ1) is 47.8. The Morgan fingerprint density at radius 3 is 2.36 bits per heavy atom. The van der Waals surface area contributed by atoms with Gasteiger partial charge in [-0.15, -0.1) is 16.4 Å². The van der Waals surface area contributed by atoms with Crippen LogP contribution in [0, 0.1) is 0 Å². The first-order chi connectivity index (χ1) is 32.5. The molecule has 3 N–H and O–H groups in total. The Bertz CT molecular complexity index is 2590. The highest BCUT2D eigenvalue weighted by atomic mass is 32.2. The Hall–Kier alpha value is -4.66. The third-order valence-electron chi connectivity index (χ3n) is 11.1. The molecule has 0 aliphatic carbocycles. The van der Waals surface area contributed by atoms with E-state index >= 15 is 0 Å². The van der Waals surface area contributed by atoms with E-state index in [1.165, 1.54) is 37.8 Å². The van der Waals surface area contributed by atoms with Crippen LogP contribution in [-0.2, 0) is 56.2 Å². The van der Waals surface area contributed by atoms with Gasteiger partial charge in [-0.25, -0.2) is 17.5 Å². The van der Waals surface area contributed by atoms with E-state index in [1.807, 2.05) is 53.0 Å². The Morgan fingerprint density at radius 1 is 0.788 bits per heavy atom. The standard InChI is InChI=1S/C49H60N8O6S3/c1-2-57-47-16-9-38(32-46(47)45-15-10-39(33-48(45)57)49-8-4-31-64-49)35-51-17-23-59-25-27-61-29-30-62-28-26-60-24-22-54-36-41(52-53-54)37-63-42-11-13-44(14-12-42)66(58)56-19-5-18-55(20-21-56)65-43-7-3-6-40(50)34-43/h3-4,6-16,31-34,36,51H,2,5,17-30,35,37,50H2,1H3. The van der Waals surface area contributed by atoms with Gasteiger partial charge >= 0.3 is 0 Å². The van der Waals surface area contributed by atoms with Crippen LogP contribution in [0.25, 0.3) is 32.2 Å². The molecule has 1 unspecified atom stereocenters. The van der Waals surface area contributed by atoms with Crippen LogP contribution >= 0.6 is 23.3 Å². The van der Waals surface area contributed by atoms with Gasteiger partial charge in [0.25, 0.3) is 0 Å². The number of hydrogen-bond acceptors (Lipinski definition) is 13. The minimum absolute atomic E-state index is 0.276. The second-order valence-corrected chi connectivity index (χ2v) is 19.4. The lowest BCUT2D eigenvalue weighted by molar-refractivity contribution is -0.00245. The first-order valence-corrected chi connectivity index (χ1v) is 25.4. The number of fused-ring (bicyclic) bond motifs is 3. The minimum Gasteiger partial charge on any atom is -0.487 e. The van der Waals surface area contributed by atoms with E-state index in [9.17, 15) is 4.21 Å². The number of hydrogen-bond donors (Lipinski definition) is 2. The summed E-state index contributed by atoms with van der Waals surface area (Å²) >= 11 is 3.48. The number of nitrogens with zero attached hydrogens (tertiary/aromatic N) is 6. The van der Waals surface area contributed by atoms with Crippen LogP contribution in [0.4, 0.5) is 5.69 Å². The molecule has 1 aliphatic heterocycles. The summed E-state index contributed by atoms with van der Waals surface area (Å²) in [6, 6.07) is 33.3. The lowest BCUT2D eigenvalue weighted by Crippen LogP contribution is -2.30. The second-order valence-electron chi connectivity index (χ2n) is 15.8. The van der Waals surface area contributed by atoms with Crippen LogP contribution in [0.1, 0.15) is 24.6 Å². The summed E-state index contributed by atoms with van der Waals surface area (Å²) in [7, 11) is -1.25. The molecule has 0 amide bonds. The lowest BCUT2D eigenvalue weighted by atomic mass is 10.1. The number of benzene rings is 4. The summed E-state index contributed by atoms with van der Waals surface area (Å²) in [6.45, 7) is 12.9. The quantitative estimate of drug-likeness (QED) is 0.0310. The van der Waals surface area contributed by atoms with Crippen LogP contribution in [-0.4, -0.2) is 118 Å². The van der Waals surface area contributed by atoms with Gasteiger partial charge in [0, 0.05) is 83.1 Å². The molecule has 0 spiro atoms. The molecule has 1 aliphatic rings. The fourth-order valence-electron chi connectivity index (χ4n) is 7.81. The Labute approximate surface area is 398 Å². The summed E-state index contributed by atoms with van der Waals surface area (Å²) in [5, 5.41) is 16.7. The van der Waals surface area contributed by atoms with Crippen LogP contribution in [0.5, 0.6) is 5.75 Å². The van der Waals surface area contributed by atoms with Gasteiger partial charge in [-0.3, -0.25) is 0 Å². The zero-order valence-corrected chi connectivity index (χ0v) is 40.0. The number of aromatic nitrogens is 4. The van der Waals surface area contributed by atoms with Crippen molar-refractivity contribution in [3.05, 3.63) is 120 Å². The SMILES string of the molecule is CCn1c2ccc(CNCCOCCOCCOCCOCCn3cc(COc4ccc(S(=O)N5CCCN(Sc6cccc(N)c6)CC5)cc4)nn3)cc2c2ccc(-c3cccs3)cc21. The van der Waals surface area contributed by atoms with Crippen LogP contribution in [0.2, 0.25) is 0 Å². The molecule has 8 rings (SSSR count). The summed E-state index contributed by atoms with van der Waals surface area (Å²) in [5.41, 5.74) is 12.5. The average molecular weight is 953 g/mol. The van der Waals surface area contributed by atoms with Crippen molar-refractivity contribution in [2.75, 3.05) is 91.3 Å². The van der Waals surface area contributed by atoms with Gasteiger partial charge in [-0.05, 0) is 109 Å². The molecule has 0 radical (unpaired) electrons. The lowest BCUT2D eigenvalue weighted by Gasteiger charge is -2.20. The largest absolute Gasteiger partial charge is 0.487 e. The van der Waals surface area contributed by atoms with Gasteiger partial charge < -0.3 is 39.3 Å². The third kappa shape index (κ3) is 13.5. The van der Waals surface area contributed by atoms with Gasteiger partial charge in [0.15, 0.2) is 0 Å². The smallest absolute Gasteiger partial charge is 0.134 e. The number of anilines is 1. The Kier molecular flexibility index (Phi) is 18.1. The second kappa shape index (κ2) is 24.9. The number of rotatable bonds is 26. The van der Waals surface area contributed by atoms with Crippen molar-refractivity contribution in [3.63, 3.8) is 0 Å². The molecule has 14 nitrogen and oxygen atoms in total. The van der Waals surface area contributed by atoms with Crippen molar-refractivity contribution >= 4 is 61.8 Å². The molecule has 4 heterocycles. The molecule has 4 aromatic carbocycles. The van der Waals surface area contributed by atoms with E-state index in [2.05, 4.69) is 91.4 Å². The summed E-state index contributed by atoms with van der Waals surface area (Å²) < 4.78 is 50.7. The van der Waals surface area contributed by atoms with Gasteiger partial charge in [-0.1, -0.05) is 35.5 Å². The molecule has 3 aromatic heterocycles. The van der Waals surface area contributed by atoms with E-state index in [1.54, 1.807) is 28.0 Å². The third-order valence-corrected chi connectivity index (χ3v) is 14.6. The number of nitrogens with one attached hydrogen (secondary N) is 1. The van der Waals surface area contributed by atoms with E-state index in [0.29, 0.717) is 77.4 Å². The molecule has 1 fully saturated rings. The highest BCUT2D eigenvalue weighted by Gasteiger charge is 2.21. The monoisotopic (exact) mass is 952 g/mol. The molecule has 0 bridgehead atoms. The average Bonchev–Trinajstić information content (AvgIpc) is 4.07. The number of thiophene rings is 1. The molecule has 350 valence electrons. The number of ether oxygens (including phenoxy) is 5. The number of nitrogens with two attached hydrogens (primary N) is 1. The van der Waals surface area contributed by atoms with Crippen molar-refractivity contribution in [1.29, 1.82) is 0 Å². The van der Waals surface area contributed by atoms with Crippen molar-refractivity contribution in [3.8, 4) is 16.2 Å². The maximum Gasteiger partial charge on any atom is 0.134 e.